The number of methoxy groups -OCH3 is 1. The quantitative estimate of drug-likeness (QED) is 0.683. The van der Waals surface area contributed by atoms with E-state index in [4.69, 9.17) is 4.74 Å². The van der Waals surface area contributed by atoms with Crippen molar-refractivity contribution in [3.63, 3.8) is 0 Å². The van der Waals surface area contributed by atoms with Gasteiger partial charge in [0, 0.05) is 19.7 Å². The van der Waals surface area contributed by atoms with E-state index in [1.54, 1.807) is 12.1 Å². The summed E-state index contributed by atoms with van der Waals surface area (Å²) in [6, 6.07) is 7.86. The minimum atomic E-state index is -0.516. The van der Waals surface area contributed by atoms with Gasteiger partial charge in [-0.25, -0.2) is 5.01 Å². The Morgan fingerprint density at radius 1 is 1.36 bits per heavy atom. The van der Waals surface area contributed by atoms with Crippen molar-refractivity contribution in [2.75, 3.05) is 14.2 Å². The lowest BCUT2D eigenvalue weighted by Crippen LogP contribution is -2.40. The van der Waals surface area contributed by atoms with E-state index >= 15 is 0 Å². The molecule has 1 heterocycles. The third-order valence-electron chi connectivity index (χ3n) is 2.71. The van der Waals surface area contributed by atoms with Crippen molar-refractivity contribution in [3.05, 3.63) is 29.8 Å². The molecule has 0 aromatic heterocycles. The summed E-state index contributed by atoms with van der Waals surface area (Å²) < 4.78 is 5.49. The SMILES string of the molecule is COC1(C)c2ccccc2N=NN1C. The number of hydrogen-bond donors (Lipinski definition) is 0. The predicted octanol–water partition coefficient (Wildman–Crippen LogP) is 2.45. The second kappa shape index (κ2) is 3.06. The Bertz CT molecular complexity index is 377. The molecule has 0 spiro atoms. The van der Waals surface area contributed by atoms with Crippen molar-refractivity contribution < 1.29 is 4.74 Å². The maximum Gasteiger partial charge on any atom is 0.182 e. The van der Waals surface area contributed by atoms with E-state index < -0.39 is 5.72 Å². The maximum atomic E-state index is 5.49. The highest BCUT2D eigenvalue weighted by Gasteiger charge is 2.35. The number of hydrogen-bond acceptors (Lipinski definition) is 4. The first-order valence-corrected chi connectivity index (χ1v) is 4.48. The Labute approximate surface area is 83.2 Å². The number of rotatable bonds is 1. The lowest BCUT2D eigenvalue weighted by molar-refractivity contribution is -0.125. The molecule has 1 aliphatic rings. The van der Waals surface area contributed by atoms with Gasteiger partial charge >= 0.3 is 0 Å². The third-order valence-corrected chi connectivity index (χ3v) is 2.71. The van der Waals surface area contributed by atoms with Gasteiger partial charge in [0.15, 0.2) is 5.72 Å². The van der Waals surface area contributed by atoms with Gasteiger partial charge in [-0.1, -0.05) is 23.4 Å². The van der Waals surface area contributed by atoms with Crippen LogP contribution in [0.4, 0.5) is 5.69 Å². The summed E-state index contributed by atoms with van der Waals surface area (Å²) in [6.07, 6.45) is 0. The first-order chi connectivity index (χ1) is 6.68. The molecule has 1 aromatic rings. The molecular formula is C10H13N3O. The first kappa shape index (κ1) is 9.15. The number of fused-ring (bicyclic) bond motifs is 1. The Kier molecular flexibility index (Phi) is 2.00. The largest absolute Gasteiger partial charge is 0.353 e. The van der Waals surface area contributed by atoms with Crippen LogP contribution in [0.5, 0.6) is 0 Å². The van der Waals surface area contributed by atoms with Crippen LogP contribution in [0.15, 0.2) is 34.6 Å². The molecule has 4 nitrogen and oxygen atoms in total. The standard InChI is InChI=1S/C10H13N3O/c1-10(14-3)8-6-4-5-7-9(8)11-12-13(10)2/h4-7H,1-3H3. The van der Waals surface area contributed by atoms with Gasteiger partial charge in [-0.2, -0.15) is 0 Å². The summed E-state index contributed by atoms with van der Waals surface area (Å²) in [6.45, 7) is 1.98. The molecule has 74 valence electrons. The molecule has 2 rings (SSSR count). The summed E-state index contributed by atoms with van der Waals surface area (Å²) in [5.74, 6) is 0. The minimum absolute atomic E-state index is 0.516. The summed E-state index contributed by atoms with van der Waals surface area (Å²) in [7, 11) is 3.52. The molecule has 0 saturated carbocycles. The fourth-order valence-corrected chi connectivity index (χ4v) is 1.57. The fourth-order valence-electron chi connectivity index (χ4n) is 1.57. The van der Waals surface area contributed by atoms with Crippen molar-refractivity contribution in [2.45, 2.75) is 12.6 Å². The van der Waals surface area contributed by atoms with Gasteiger partial charge in [-0.15, -0.1) is 5.11 Å². The lowest BCUT2D eigenvalue weighted by Gasteiger charge is -2.37. The van der Waals surface area contributed by atoms with Crippen LogP contribution in [0.1, 0.15) is 12.5 Å². The average Bonchev–Trinajstić information content (AvgIpc) is 2.24. The Balaban J connectivity index is 2.59. The summed E-state index contributed by atoms with van der Waals surface area (Å²) in [5.41, 5.74) is 1.40. The lowest BCUT2D eigenvalue weighted by atomic mass is 10.0. The Hall–Kier alpha value is -1.42. The van der Waals surface area contributed by atoms with E-state index in [0.29, 0.717) is 0 Å². The Morgan fingerprint density at radius 3 is 2.79 bits per heavy atom. The predicted molar refractivity (Wildman–Crippen MR) is 53.1 cm³/mol. The fraction of sp³-hybridized carbons (Fsp3) is 0.400. The Morgan fingerprint density at radius 2 is 2.07 bits per heavy atom. The average molecular weight is 191 g/mol. The van der Waals surface area contributed by atoms with Crippen LogP contribution in [0, 0.1) is 0 Å². The van der Waals surface area contributed by atoms with Crippen molar-refractivity contribution in [1.29, 1.82) is 0 Å². The normalized spacial score (nSPS) is 24.9. The molecule has 0 N–H and O–H groups in total. The zero-order valence-corrected chi connectivity index (χ0v) is 8.56. The van der Waals surface area contributed by atoms with E-state index in [-0.39, 0.29) is 0 Å². The number of benzene rings is 1. The van der Waals surface area contributed by atoms with Gasteiger partial charge in [-0.3, -0.25) is 0 Å². The van der Waals surface area contributed by atoms with E-state index in [1.165, 1.54) is 0 Å². The van der Waals surface area contributed by atoms with Crippen LogP contribution in [-0.2, 0) is 10.5 Å². The summed E-state index contributed by atoms with van der Waals surface area (Å²) in [5, 5.41) is 9.83. The molecular weight excluding hydrogens is 178 g/mol. The van der Waals surface area contributed by atoms with E-state index in [2.05, 4.69) is 10.3 Å². The van der Waals surface area contributed by atoms with Crippen LogP contribution < -0.4 is 0 Å². The van der Waals surface area contributed by atoms with Gasteiger partial charge in [0.25, 0.3) is 0 Å². The van der Waals surface area contributed by atoms with Crippen molar-refractivity contribution >= 4 is 5.69 Å². The van der Waals surface area contributed by atoms with Crippen LogP contribution in [0.2, 0.25) is 0 Å². The monoisotopic (exact) mass is 191 g/mol. The first-order valence-electron chi connectivity index (χ1n) is 4.48. The highest BCUT2D eigenvalue weighted by atomic mass is 16.5. The molecule has 0 aliphatic carbocycles. The molecule has 0 amide bonds. The minimum Gasteiger partial charge on any atom is -0.353 e. The van der Waals surface area contributed by atoms with Crippen LogP contribution >= 0.6 is 0 Å². The molecule has 0 fully saturated rings. The molecule has 1 aliphatic heterocycles. The smallest absolute Gasteiger partial charge is 0.182 e. The maximum absolute atomic E-state index is 5.49. The van der Waals surface area contributed by atoms with Crippen LogP contribution in [0.25, 0.3) is 0 Å². The number of nitrogens with zero attached hydrogens (tertiary/aromatic N) is 3. The van der Waals surface area contributed by atoms with Gasteiger partial charge in [0.05, 0.1) is 5.69 Å². The highest BCUT2D eigenvalue weighted by Crippen LogP contribution is 2.38. The number of ether oxygens (including phenoxy) is 1. The molecule has 0 radical (unpaired) electrons. The molecule has 1 unspecified atom stereocenters. The molecule has 1 aromatic carbocycles. The second-order valence-corrected chi connectivity index (χ2v) is 3.42. The topological polar surface area (TPSA) is 37.2 Å². The van der Waals surface area contributed by atoms with Gasteiger partial charge in [0.2, 0.25) is 0 Å². The molecule has 14 heavy (non-hydrogen) atoms. The summed E-state index contributed by atoms with van der Waals surface area (Å²) >= 11 is 0. The van der Waals surface area contributed by atoms with Crippen LogP contribution in [-0.4, -0.2) is 19.2 Å². The van der Waals surface area contributed by atoms with Gasteiger partial charge in [-0.05, 0) is 13.0 Å². The van der Waals surface area contributed by atoms with Crippen molar-refractivity contribution in [3.8, 4) is 0 Å². The van der Waals surface area contributed by atoms with Crippen molar-refractivity contribution in [2.24, 2.45) is 10.3 Å². The van der Waals surface area contributed by atoms with E-state index in [0.717, 1.165) is 11.3 Å². The summed E-state index contributed by atoms with van der Waals surface area (Å²) in [4.78, 5) is 0. The van der Waals surface area contributed by atoms with Gasteiger partial charge in [0.1, 0.15) is 0 Å². The molecule has 1 atom stereocenters. The molecule has 4 heteroatoms. The van der Waals surface area contributed by atoms with E-state index in [1.807, 2.05) is 38.2 Å². The zero-order chi connectivity index (χ0) is 10.2. The third kappa shape index (κ3) is 1.11. The second-order valence-electron chi connectivity index (χ2n) is 3.42. The zero-order valence-electron chi connectivity index (χ0n) is 8.56. The van der Waals surface area contributed by atoms with Gasteiger partial charge < -0.3 is 4.74 Å². The van der Waals surface area contributed by atoms with Crippen LogP contribution in [0.3, 0.4) is 0 Å². The molecule has 0 saturated heterocycles. The molecule has 0 bridgehead atoms. The van der Waals surface area contributed by atoms with Crippen molar-refractivity contribution in [1.82, 2.24) is 5.01 Å². The van der Waals surface area contributed by atoms with E-state index in [9.17, 15) is 0 Å². The highest BCUT2D eigenvalue weighted by molar-refractivity contribution is 5.48.